The second-order valence-electron chi connectivity index (χ2n) is 4.29. The van der Waals surface area contributed by atoms with E-state index in [1.807, 2.05) is 29.7 Å². The Labute approximate surface area is 109 Å². The summed E-state index contributed by atoms with van der Waals surface area (Å²) in [6.45, 7) is 0.475. The lowest BCUT2D eigenvalue weighted by Crippen LogP contribution is -2.38. The predicted octanol–water partition coefficient (Wildman–Crippen LogP) is 2.03. The fourth-order valence-corrected chi connectivity index (χ4v) is 2.74. The van der Waals surface area contributed by atoms with Crippen molar-refractivity contribution in [3.05, 3.63) is 34.5 Å². The van der Waals surface area contributed by atoms with Gasteiger partial charge in [0.15, 0.2) is 0 Å². The third kappa shape index (κ3) is 2.98. The van der Waals surface area contributed by atoms with Crippen LogP contribution in [0, 0.1) is 11.8 Å². The first-order valence-electron chi connectivity index (χ1n) is 5.86. The van der Waals surface area contributed by atoms with Gasteiger partial charge in [0, 0.05) is 4.88 Å². The van der Waals surface area contributed by atoms with Crippen LogP contribution in [0.25, 0.3) is 0 Å². The molecule has 2 N–H and O–H groups in total. The van der Waals surface area contributed by atoms with E-state index in [0.717, 1.165) is 4.88 Å². The molecule has 1 heterocycles. The average molecular weight is 265 g/mol. The van der Waals surface area contributed by atoms with Gasteiger partial charge in [-0.05, 0) is 24.3 Å². The van der Waals surface area contributed by atoms with Crippen LogP contribution in [0.15, 0.2) is 29.7 Å². The third-order valence-corrected chi connectivity index (χ3v) is 3.98. The molecule has 0 fully saturated rings. The number of thiophene rings is 1. The fourth-order valence-electron chi connectivity index (χ4n) is 2.10. The van der Waals surface area contributed by atoms with E-state index < -0.39 is 17.8 Å². The number of carboxylic acids is 1. The molecular formula is C13H15NO3S. The Morgan fingerprint density at radius 3 is 2.67 bits per heavy atom. The highest BCUT2D eigenvalue weighted by Gasteiger charge is 2.33. The molecule has 5 heteroatoms. The van der Waals surface area contributed by atoms with E-state index in [1.54, 1.807) is 11.3 Å². The van der Waals surface area contributed by atoms with Crippen molar-refractivity contribution >= 4 is 23.2 Å². The molecule has 0 spiro atoms. The number of rotatable bonds is 4. The summed E-state index contributed by atoms with van der Waals surface area (Å²) in [6, 6.07) is 3.87. The molecule has 1 aliphatic rings. The monoisotopic (exact) mass is 265 g/mol. The number of aliphatic carboxylic acids is 1. The Morgan fingerprint density at radius 2 is 2.06 bits per heavy atom. The highest BCUT2D eigenvalue weighted by molar-refractivity contribution is 7.09. The van der Waals surface area contributed by atoms with E-state index in [4.69, 9.17) is 5.11 Å². The van der Waals surface area contributed by atoms with Crippen LogP contribution >= 0.6 is 11.3 Å². The maximum atomic E-state index is 12.0. The summed E-state index contributed by atoms with van der Waals surface area (Å²) in [5.41, 5.74) is 0. The molecule has 0 unspecified atom stereocenters. The van der Waals surface area contributed by atoms with E-state index in [9.17, 15) is 9.59 Å². The van der Waals surface area contributed by atoms with Crippen molar-refractivity contribution in [2.24, 2.45) is 11.8 Å². The van der Waals surface area contributed by atoms with Crippen molar-refractivity contribution in [1.82, 2.24) is 5.32 Å². The Balaban J connectivity index is 1.94. The molecule has 1 aromatic heterocycles. The SMILES string of the molecule is O=C(NCc1cccs1)[C@H]1CC=CC[C@H]1C(=O)O. The molecule has 1 amide bonds. The summed E-state index contributed by atoms with van der Waals surface area (Å²) < 4.78 is 0. The standard InChI is InChI=1S/C13H15NO3S/c15-12(14-8-9-4-3-7-18-9)10-5-1-2-6-11(10)13(16)17/h1-4,7,10-11H,5-6,8H2,(H,14,15)(H,16,17)/t10-,11+/m0/s1. The second kappa shape index (κ2) is 5.82. The van der Waals surface area contributed by atoms with E-state index in [-0.39, 0.29) is 5.91 Å². The van der Waals surface area contributed by atoms with Crippen LogP contribution in [0.3, 0.4) is 0 Å². The van der Waals surface area contributed by atoms with Gasteiger partial charge in [0.25, 0.3) is 0 Å². The first kappa shape index (κ1) is 12.8. The average Bonchev–Trinajstić information content (AvgIpc) is 2.89. The summed E-state index contributed by atoms with van der Waals surface area (Å²) in [4.78, 5) is 24.2. The van der Waals surface area contributed by atoms with Gasteiger partial charge in [0.1, 0.15) is 0 Å². The van der Waals surface area contributed by atoms with Gasteiger partial charge in [-0.15, -0.1) is 11.3 Å². The largest absolute Gasteiger partial charge is 0.481 e. The summed E-state index contributed by atoms with van der Waals surface area (Å²) in [5.74, 6) is -2.11. The topological polar surface area (TPSA) is 66.4 Å². The Morgan fingerprint density at radius 1 is 1.33 bits per heavy atom. The van der Waals surface area contributed by atoms with E-state index >= 15 is 0 Å². The van der Waals surface area contributed by atoms with Gasteiger partial charge in [-0.25, -0.2) is 0 Å². The molecular weight excluding hydrogens is 250 g/mol. The van der Waals surface area contributed by atoms with Gasteiger partial charge in [-0.2, -0.15) is 0 Å². The van der Waals surface area contributed by atoms with Crippen LogP contribution in [0.5, 0.6) is 0 Å². The van der Waals surface area contributed by atoms with Crippen LogP contribution < -0.4 is 5.32 Å². The van der Waals surface area contributed by atoms with Gasteiger partial charge in [-0.1, -0.05) is 18.2 Å². The van der Waals surface area contributed by atoms with Crippen LogP contribution in [0.1, 0.15) is 17.7 Å². The van der Waals surface area contributed by atoms with Crippen molar-refractivity contribution in [3.63, 3.8) is 0 Å². The molecule has 18 heavy (non-hydrogen) atoms. The van der Waals surface area contributed by atoms with Gasteiger partial charge in [-0.3, -0.25) is 9.59 Å². The van der Waals surface area contributed by atoms with E-state index in [1.165, 1.54) is 0 Å². The molecule has 1 aliphatic carbocycles. The van der Waals surface area contributed by atoms with Gasteiger partial charge >= 0.3 is 5.97 Å². The normalized spacial score (nSPS) is 22.7. The quantitative estimate of drug-likeness (QED) is 0.819. The molecule has 1 aromatic rings. The summed E-state index contributed by atoms with van der Waals surface area (Å²) in [6.07, 6.45) is 4.66. The highest BCUT2D eigenvalue weighted by Crippen LogP contribution is 2.26. The molecule has 0 saturated heterocycles. The maximum absolute atomic E-state index is 12.0. The summed E-state index contributed by atoms with van der Waals surface area (Å²) in [5, 5.41) is 13.9. The molecule has 0 aromatic carbocycles. The lowest BCUT2D eigenvalue weighted by atomic mass is 9.82. The van der Waals surface area contributed by atoms with Crippen LogP contribution in [0.2, 0.25) is 0 Å². The number of allylic oxidation sites excluding steroid dienone is 2. The zero-order valence-corrected chi connectivity index (χ0v) is 10.7. The lowest BCUT2D eigenvalue weighted by molar-refractivity contribution is -0.147. The first-order valence-corrected chi connectivity index (χ1v) is 6.74. The highest BCUT2D eigenvalue weighted by atomic mass is 32.1. The predicted molar refractivity (Wildman–Crippen MR) is 69.2 cm³/mol. The molecule has 2 atom stereocenters. The number of nitrogens with one attached hydrogen (secondary N) is 1. The van der Waals surface area contributed by atoms with E-state index in [2.05, 4.69) is 5.32 Å². The van der Waals surface area contributed by atoms with Crippen molar-refractivity contribution in [3.8, 4) is 0 Å². The first-order chi connectivity index (χ1) is 8.68. The van der Waals surface area contributed by atoms with Crippen molar-refractivity contribution < 1.29 is 14.7 Å². The molecule has 2 rings (SSSR count). The third-order valence-electron chi connectivity index (χ3n) is 3.10. The number of carbonyl (C=O) groups is 2. The van der Waals surface area contributed by atoms with Crippen LogP contribution in [-0.2, 0) is 16.1 Å². The van der Waals surface area contributed by atoms with Crippen molar-refractivity contribution in [1.29, 1.82) is 0 Å². The van der Waals surface area contributed by atoms with Gasteiger partial charge in [0.2, 0.25) is 5.91 Å². The number of carbonyl (C=O) groups excluding carboxylic acids is 1. The van der Waals surface area contributed by atoms with Crippen LogP contribution in [-0.4, -0.2) is 17.0 Å². The smallest absolute Gasteiger partial charge is 0.307 e. The summed E-state index contributed by atoms with van der Waals surface area (Å²) in [7, 11) is 0. The molecule has 0 radical (unpaired) electrons. The molecule has 0 bridgehead atoms. The zero-order valence-electron chi connectivity index (χ0n) is 9.83. The van der Waals surface area contributed by atoms with Gasteiger partial charge in [0.05, 0.1) is 18.4 Å². The minimum Gasteiger partial charge on any atom is -0.481 e. The number of hydrogen-bond donors (Lipinski definition) is 2. The fraction of sp³-hybridized carbons (Fsp3) is 0.385. The summed E-state index contributed by atoms with van der Waals surface area (Å²) >= 11 is 1.57. The zero-order chi connectivity index (χ0) is 13.0. The number of hydrogen-bond acceptors (Lipinski definition) is 3. The number of carboxylic acid groups (broad SMARTS) is 1. The Bertz CT molecular complexity index is 453. The molecule has 4 nitrogen and oxygen atoms in total. The Kier molecular flexibility index (Phi) is 4.15. The minimum absolute atomic E-state index is 0.167. The number of amides is 1. The van der Waals surface area contributed by atoms with Crippen molar-refractivity contribution in [2.75, 3.05) is 0 Å². The van der Waals surface area contributed by atoms with Crippen LogP contribution in [0.4, 0.5) is 0 Å². The second-order valence-corrected chi connectivity index (χ2v) is 5.32. The lowest BCUT2D eigenvalue weighted by Gasteiger charge is -2.24. The van der Waals surface area contributed by atoms with E-state index in [0.29, 0.717) is 19.4 Å². The molecule has 0 saturated carbocycles. The minimum atomic E-state index is -0.893. The van der Waals surface area contributed by atoms with Gasteiger partial charge < -0.3 is 10.4 Å². The Hall–Kier alpha value is -1.62. The van der Waals surface area contributed by atoms with Crippen molar-refractivity contribution in [2.45, 2.75) is 19.4 Å². The molecule has 96 valence electrons. The maximum Gasteiger partial charge on any atom is 0.307 e. The molecule has 0 aliphatic heterocycles.